The zero-order chi connectivity index (χ0) is 15.5. The molecule has 0 bridgehead atoms. The van der Waals surface area contributed by atoms with Crippen LogP contribution in [0.1, 0.15) is 29.6 Å². The van der Waals surface area contributed by atoms with Crippen molar-refractivity contribution in [2.45, 2.75) is 25.3 Å². The first-order valence-electron chi connectivity index (χ1n) is 7.96. The normalized spacial score (nSPS) is 22.7. The fraction of sp³-hybridized carbons (Fsp3) is 0.625. The number of aromatic nitrogens is 1. The van der Waals surface area contributed by atoms with Gasteiger partial charge in [-0.3, -0.25) is 9.59 Å². The molecule has 22 heavy (non-hydrogen) atoms. The van der Waals surface area contributed by atoms with Gasteiger partial charge in [-0.15, -0.1) is 0 Å². The Kier molecular flexibility index (Phi) is 4.47. The molecule has 2 amide bonds. The van der Waals surface area contributed by atoms with Crippen LogP contribution in [0.5, 0.6) is 0 Å². The van der Waals surface area contributed by atoms with Crippen molar-refractivity contribution < 1.29 is 14.3 Å². The first kappa shape index (κ1) is 15.1. The third-order valence-electron chi connectivity index (χ3n) is 4.45. The number of hydrogen-bond acceptors (Lipinski definition) is 3. The second-order valence-electron chi connectivity index (χ2n) is 6.01. The molecule has 0 aromatic carbocycles. The van der Waals surface area contributed by atoms with E-state index in [9.17, 15) is 9.59 Å². The van der Waals surface area contributed by atoms with E-state index in [1.54, 1.807) is 4.90 Å². The van der Waals surface area contributed by atoms with Crippen LogP contribution in [0, 0.1) is 0 Å². The van der Waals surface area contributed by atoms with Gasteiger partial charge in [-0.25, -0.2) is 0 Å². The Hall–Kier alpha value is -1.82. The largest absolute Gasteiger partial charge is 0.378 e. The minimum Gasteiger partial charge on any atom is -0.378 e. The lowest BCUT2D eigenvalue weighted by Gasteiger charge is -2.38. The second-order valence-corrected chi connectivity index (χ2v) is 6.01. The van der Waals surface area contributed by atoms with Crippen LogP contribution in [0.25, 0.3) is 0 Å². The Bertz CT molecular complexity index is 549. The van der Waals surface area contributed by atoms with Crippen LogP contribution in [-0.4, -0.2) is 65.1 Å². The lowest BCUT2D eigenvalue weighted by atomic mass is 9.99. The second kappa shape index (κ2) is 6.52. The van der Waals surface area contributed by atoms with Gasteiger partial charge in [0.05, 0.1) is 18.8 Å². The summed E-state index contributed by atoms with van der Waals surface area (Å²) in [5.41, 5.74) is 0.657. The lowest BCUT2D eigenvalue weighted by molar-refractivity contribution is -0.141. The molecule has 2 aliphatic heterocycles. The van der Waals surface area contributed by atoms with Crippen molar-refractivity contribution >= 4 is 11.8 Å². The molecule has 0 radical (unpaired) electrons. The van der Waals surface area contributed by atoms with Gasteiger partial charge in [-0.2, -0.15) is 0 Å². The summed E-state index contributed by atoms with van der Waals surface area (Å²) in [5.74, 6) is 0.0409. The summed E-state index contributed by atoms with van der Waals surface area (Å²) in [6.45, 7) is 3.09. The van der Waals surface area contributed by atoms with E-state index in [-0.39, 0.29) is 17.9 Å². The molecule has 0 saturated carbocycles. The highest BCUT2D eigenvalue weighted by molar-refractivity contribution is 5.97. The molecule has 0 spiro atoms. The quantitative estimate of drug-likeness (QED) is 0.815. The van der Waals surface area contributed by atoms with Crippen molar-refractivity contribution in [3.63, 3.8) is 0 Å². The maximum absolute atomic E-state index is 12.8. The van der Waals surface area contributed by atoms with Crippen LogP contribution in [0.15, 0.2) is 18.5 Å². The minimum absolute atomic E-state index is 0.0353. The van der Waals surface area contributed by atoms with E-state index in [0.29, 0.717) is 38.4 Å². The van der Waals surface area contributed by atoms with Crippen LogP contribution >= 0.6 is 0 Å². The van der Waals surface area contributed by atoms with Crippen LogP contribution in [0.4, 0.5) is 0 Å². The molecule has 1 aromatic rings. The molecule has 0 aliphatic carbocycles. The Morgan fingerprint density at radius 1 is 1.18 bits per heavy atom. The Balaban J connectivity index is 1.75. The number of carbonyl (C=O) groups excluding carboxylic acids is 2. The zero-order valence-corrected chi connectivity index (χ0v) is 13.0. The summed E-state index contributed by atoms with van der Waals surface area (Å²) in [4.78, 5) is 29.1. The van der Waals surface area contributed by atoms with E-state index in [2.05, 4.69) is 0 Å². The summed E-state index contributed by atoms with van der Waals surface area (Å²) < 4.78 is 7.16. The maximum atomic E-state index is 12.8. The number of ether oxygens (including phenoxy) is 1. The van der Waals surface area contributed by atoms with Gasteiger partial charge in [0.15, 0.2) is 0 Å². The van der Waals surface area contributed by atoms with Gasteiger partial charge in [-0.1, -0.05) is 0 Å². The standard InChI is InChI=1S/C16H23N3O3/c1-17-7-5-13(12-17)15(20)19-6-3-2-4-14(19)16(21)18-8-10-22-11-9-18/h5,7,12,14H,2-4,6,8-11H2,1H3. The van der Waals surface area contributed by atoms with Crippen molar-refractivity contribution in [1.29, 1.82) is 0 Å². The minimum atomic E-state index is -0.320. The highest BCUT2D eigenvalue weighted by Gasteiger charge is 2.35. The van der Waals surface area contributed by atoms with Gasteiger partial charge in [0.25, 0.3) is 5.91 Å². The number of carbonyl (C=O) groups is 2. The van der Waals surface area contributed by atoms with Crippen molar-refractivity contribution in [2.75, 3.05) is 32.8 Å². The topological polar surface area (TPSA) is 54.8 Å². The average molecular weight is 305 g/mol. The average Bonchev–Trinajstić information content (AvgIpc) is 3.01. The number of likely N-dealkylation sites (tertiary alicyclic amines) is 1. The van der Waals surface area contributed by atoms with Gasteiger partial charge in [0, 0.05) is 39.1 Å². The number of piperidine rings is 1. The van der Waals surface area contributed by atoms with Crippen LogP contribution in [0.3, 0.4) is 0 Å². The molecule has 0 N–H and O–H groups in total. The Labute approximate surface area is 130 Å². The molecule has 120 valence electrons. The third kappa shape index (κ3) is 3.02. The Morgan fingerprint density at radius 3 is 2.64 bits per heavy atom. The van der Waals surface area contributed by atoms with E-state index < -0.39 is 0 Å². The molecule has 1 aromatic heterocycles. The van der Waals surface area contributed by atoms with Gasteiger partial charge >= 0.3 is 0 Å². The fourth-order valence-corrected chi connectivity index (χ4v) is 3.22. The molecule has 2 saturated heterocycles. The number of amides is 2. The highest BCUT2D eigenvalue weighted by Crippen LogP contribution is 2.22. The molecular formula is C16H23N3O3. The molecule has 1 unspecified atom stereocenters. The van der Waals surface area contributed by atoms with Crippen molar-refractivity contribution in [3.05, 3.63) is 24.0 Å². The third-order valence-corrected chi connectivity index (χ3v) is 4.45. The van der Waals surface area contributed by atoms with E-state index in [4.69, 9.17) is 4.74 Å². The molecule has 3 rings (SSSR count). The summed E-state index contributed by atoms with van der Waals surface area (Å²) in [6, 6.07) is 1.49. The van der Waals surface area contributed by atoms with E-state index in [1.165, 1.54) is 0 Å². The predicted octanol–water partition coefficient (Wildman–Crippen LogP) is 0.879. The number of morpholine rings is 1. The summed E-state index contributed by atoms with van der Waals surface area (Å²) in [5, 5.41) is 0. The molecule has 6 heteroatoms. The summed E-state index contributed by atoms with van der Waals surface area (Å²) >= 11 is 0. The number of aryl methyl sites for hydroxylation is 1. The molecule has 2 aliphatic rings. The molecular weight excluding hydrogens is 282 g/mol. The summed E-state index contributed by atoms with van der Waals surface area (Å²) in [7, 11) is 1.89. The Morgan fingerprint density at radius 2 is 1.95 bits per heavy atom. The summed E-state index contributed by atoms with van der Waals surface area (Å²) in [6.07, 6.45) is 6.39. The van der Waals surface area contributed by atoms with Gasteiger partial charge in [0.1, 0.15) is 6.04 Å². The molecule has 2 fully saturated rings. The number of hydrogen-bond donors (Lipinski definition) is 0. The SMILES string of the molecule is Cn1ccc(C(=O)N2CCCCC2C(=O)N2CCOCC2)c1. The lowest BCUT2D eigenvalue weighted by Crippen LogP contribution is -2.55. The van der Waals surface area contributed by atoms with Gasteiger partial charge in [-0.05, 0) is 25.3 Å². The van der Waals surface area contributed by atoms with Crippen molar-refractivity contribution in [2.24, 2.45) is 7.05 Å². The molecule has 3 heterocycles. The van der Waals surface area contributed by atoms with Gasteiger partial charge < -0.3 is 19.1 Å². The van der Waals surface area contributed by atoms with Gasteiger partial charge in [0.2, 0.25) is 5.91 Å². The van der Waals surface area contributed by atoms with Crippen molar-refractivity contribution in [3.8, 4) is 0 Å². The molecule has 6 nitrogen and oxygen atoms in total. The number of rotatable bonds is 2. The maximum Gasteiger partial charge on any atom is 0.256 e. The zero-order valence-electron chi connectivity index (χ0n) is 13.0. The van der Waals surface area contributed by atoms with Crippen LogP contribution < -0.4 is 0 Å². The molecule has 1 atom stereocenters. The smallest absolute Gasteiger partial charge is 0.256 e. The van der Waals surface area contributed by atoms with E-state index in [0.717, 1.165) is 19.3 Å². The highest BCUT2D eigenvalue weighted by atomic mass is 16.5. The fourth-order valence-electron chi connectivity index (χ4n) is 3.22. The van der Waals surface area contributed by atoms with E-state index >= 15 is 0 Å². The monoisotopic (exact) mass is 305 g/mol. The predicted molar refractivity (Wildman–Crippen MR) is 81.5 cm³/mol. The van der Waals surface area contributed by atoms with Crippen molar-refractivity contribution in [1.82, 2.24) is 14.4 Å². The van der Waals surface area contributed by atoms with Crippen LogP contribution in [0.2, 0.25) is 0 Å². The van der Waals surface area contributed by atoms with Crippen LogP contribution in [-0.2, 0) is 16.6 Å². The van der Waals surface area contributed by atoms with E-state index in [1.807, 2.05) is 35.0 Å². The first-order valence-corrected chi connectivity index (χ1v) is 7.96. The number of nitrogens with zero attached hydrogens (tertiary/aromatic N) is 3. The first-order chi connectivity index (χ1) is 10.7.